The number of aryl methyl sites for hydroxylation is 1. The van der Waals surface area contributed by atoms with Crippen LogP contribution in [0.1, 0.15) is 11.1 Å². The van der Waals surface area contributed by atoms with Crippen LogP contribution in [0.4, 0.5) is 15.8 Å². The smallest absolute Gasteiger partial charge is 0.253 e. The maximum atomic E-state index is 14.1. The molecular formula is C16H13FN2O. The third-order valence-corrected chi connectivity index (χ3v) is 3.29. The van der Waals surface area contributed by atoms with Gasteiger partial charge in [-0.1, -0.05) is 30.3 Å². The molecule has 1 heterocycles. The van der Waals surface area contributed by atoms with Crippen molar-refractivity contribution in [2.75, 3.05) is 11.4 Å². The second kappa shape index (κ2) is 4.89. The summed E-state index contributed by atoms with van der Waals surface area (Å²) in [5.74, 6) is -0.656. The van der Waals surface area contributed by atoms with Crippen LogP contribution >= 0.6 is 0 Å². The van der Waals surface area contributed by atoms with E-state index in [9.17, 15) is 9.18 Å². The van der Waals surface area contributed by atoms with Gasteiger partial charge in [0.1, 0.15) is 12.4 Å². The molecule has 0 spiro atoms. The summed E-state index contributed by atoms with van der Waals surface area (Å²) in [4.78, 5) is 17.9. The maximum Gasteiger partial charge on any atom is 0.253 e. The quantitative estimate of drug-likeness (QED) is 0.781. The van der Waals surface area contributed by atoms with Gasteiger partial charge in [-0.15, -0.1) is 0 Å². The minimum absolute atomic E-state index is 0.0163. The summed E-state index contributed by atoms with van der Waals surface area (Å²) in [5, 5.41) is 0. The van der Waals surface area contributed by atoms with Crippen LogP contribution in [0.25, 0.3) is 0 Å². The molecule has 0 radical (unpaired) electrons. The number of rotatable bonds is 1. The molecule has 2 aromatic rings. The average Bonchev–Trinajstić information content (AvgIpc) is 2.59. The van der Waals surface area contributed by atoms with E-state index >= 15 is 0 Å². The van der Waals surface area contributed by atoms with Gasteiger partial charge in [-0.2, -0.15) is 0 Å². The number of carbonyl (C=O) groups is 1. The van der Waals surface area contributed by atoms with Crippen LogP contribution in [-0.2, 0) is 4.79 Å². The number of benzodiazepines with no additional fused rings is 1. The first-order chi connectivity index (χ1) is 9.68. The first-order valence-corrected chi connectivity index (χ1v) is 6.35. The summed E-state index contributed by atoms with van der Waals surface area (Å²) in [6, 6.07) is 12.0. The highest BCUT2D eigenvalue weighted by molar-refractivity contribution is 6.09. The molecule has 0 N–H and O–H groups in total. The van der Waals surface area contributed by atoms with Crippen molar-refractivity contribution in [1.82, 2.24) is 0 Å². The topological polar surface area (TPSA) is 32.7 Å². The van der Waals surface area contributed by atoms with Crippen LogP contribution in [-0.4, -0.2) is 18.7 Å². The fourth-order valence-electron chi connectivity index (χ4n) is 2.40. The number of aliphatic imine (C=N–C) groups is 1. The molecule has 1 aliphatic rings. The van der Waals surface area contributed by atoms with Gasteiger partial charge in [0.25, 0.3) is 5.91 Å². The Bertz CT molecular complexity index is 709. The average molecular weight is 268 g/mol. The zero-order valence-electron chi connectivity index (χ0n) is 11.0. The number of para-hydroxylation sites is 2. The second-order valence-corrected chi connectivity index (χ2v) is 4.66. The van der Waals surface area contributed by atoms with Crippen molar-refractivity contribution in [1.29, 1.82) is 0 Å². The molecule has 2 aromatic carbocycles. The molecule has 1 aliphatic heterocycles. The lowest BCUT2D eigenvalue weighted by Gasteiger charge is -2.24. The highest BCUT2D eigenvalue weighted by Crippen LogP contribution is 2.33. The Hall–Kier alpha value is -2.49. The molecule has 1 amide bonds. The van der Waals surface area contributed by atoms with Crippen LogP contribution in [0.15, 0.2) is 47.5 Å². The Kier molecular flexibility index (Phi) is 3.06. The van der Waals surface area contributed by atoms with Gasteiger partial charge in [0.2, 0.25) is 0 Å². The summed E-state index contributed by atoms with van der Waals surface area (Å²) >= 11 is 0. The van der Waals surface area contributed by atoms with E-state index in [1.165, 1.54) is 11.0 Å². The number of carbonyl (C=O) groups excluding carboxylic acids is 1. The van der Waals surface area contributed by atoms with E-state index in [1.54, 1.807) is 24.4 Å². The Morgan fingerprint density at radius 3 is 2.75 bits per heavy atom. The largest absolute Gasteiger partial charge is 0.283 e. The lowest BCUT2D eigenvalue weighted by Crippen LogP contribution is -2.29. The lowest BCUT2D eigenvalue weighted by atomic mass is 10.1. The maximum absolute atomic E-state index is 14.1. The predicted molar refractivity (Wildman–Crippen MR) is 77.2 cm³/mol. The van der Waals surface area contributed by atoms with Gasteiger partial charge in [0, 0.05) is 11.8 Å². The van der Waals surface area contributed by atoms with E-state index in [0.29, 0.717) is 5.69 Å². The zero-order valence-corrected chi connectivity index (χ0v) is 11.0. The van der Waals surface area contributed by atoms with Crippen molar-refractivity contribution in [3.63, 3.8) is 0 Å². The molecule has 0 unspecified atom stereocenters. The first-order valence-electron chi connectivity index (χ1n) is 6.35. The van der Waals surface area contributed by atoms with E-state index in [4.69, 9.17) is 0 Å². The number of benzene rings is 2. The number of hydrogen-bond acceptors (Lipinski definition) is 2. The molecule has 0 aliphatic carbocycles. The molecular weight excluding hydrogens is 255 g/mol. The Labute approximate surface area is 116 Å². The van der Waals surface area contributed by atoms with Crippen LogP contribution in [0, 0.1) is 12.7 Å². The van der Waals surface area contributed by atoms with Crippen molar-refractivity contribution < 1.29 is 9.18 Å². The summed E-state index contributed by atoms with van der Waals surface area (Å²) in [6.45, 7) is 1.92. The Morgan fingerprint density at radius 2 is 1.95 bits per heavy atom. The highest BCUT2D eigenvalue weighted by atomic mass is 19.1. The Balaban J connectivity index is 2.26. The molecule has 0 aromatic heterocycles. The minimum atomic E-state index is -0.419. The van der Waals surface area contributed by atoms with E-state index in [1.807, 2.05) is 25.1 Å². The van der Waals surface area contributed by atoms with Crippen LogP contribution in [0.2, 0.25) is 0 Å². The fourth-order valence-corrected chi connectivity index (χ4v) is 2.40. The summed E-state index contributed by atoms with van der Waals surface area (Å²) < 4.78 is 14.1. The van der Waals surface area contributed by atoms with Crippen molar-refractivity contribution in [3.8, 4) is 0 Å². The van der Waals surface area contributed by atoms with Gasteiger partial charge in [-0.25, -0.2) is 4.39 Å². The molecule has 4 heteroatoms. The van der Waals surface area contributed by atoms with Crippen LogP contribution in [0.5, 0.6) is 0 Å². The van der Waals surface area contributed by atoms with E-state index in [2.05, 4.69) is 4.99 Å². The Morgan fingerprint density at radius 1 is 1.15 bits per heavy atom. The molecule has 20 heavy (non-hydrogen) atoms. The molecule has 0 atom stereocenters. The third-order valence-electron chi connectivity index (χ3n) is 3.29. The van der Waals surface area contributed by atoms with Crippen molar-refractivity contribution in [3.05, 3.63) is 59.4 Å². The second-order valence-electron chi connectivity index (χ2n) is 4.66. The standard InChI is InChI=1S/C16H13FN2O/c1-11-5-4-6-12-9-18-10-15(20)19(16(11)12)14-8-3-2-7-13(14)17/h2-9H,10H2,1H3. The number of halogens is 1. The number of hydrogen-bond donors (Lipinski definition) is 0. The van der Waals surface area contributed by atoms with Gasteiger partial charge < -0.3 is 0 Å². The number of fused-ring (bicyclic) bond motifs is 1. The van der Waals surface area contributed by atoms with E-state index in [-0.39, 0.29) is 18.1 Å². The molecule has 100 valence electrons. The van der Waals surface area contributed by atoms with Crippen molar-refractivity contribution in [2.45, 2.75) is 6.92 Å². The van der Waals surface area contributed by atoms with E-state index < -0.39 is 5.82 Å². The molecule has 0 fully saturated rings. The van der Waals surface area contributed by atoms with Gasteiger partial charge in [-0.3, -0.25) is 14.7 Å². The normalized spacial score (nSPS) is 14.1. The zero-order chi connectivity index (χ0) is 14.1. The summed E-state index contributed by atoms with van der Waals surface area (Å²) in [7, 11) is 0. The number of anilines is 2. The van der Waals surface area contributed by atoms with Gasteiger partial charge in [0.15, 0.2) is 0 Å². The van der Waals surface area contributed by atoms with Crippen molar-refractivity contribution >= 4 is 23.5 Å². The number of amides is 1. The summed E-state index contributed by atoms with van der Waals surface area (Å²) in [6.07, 6.45) is 1.67. The van der Waals surface area contributed by atoms with Gasteiger partial charge in [0.05, 0.1) is 11.4 Å². The molecule has 0 bridgehead atoms. The third kappa shape index (κ3) is 1.99. The van der Waals surface area contributed by atoms with Crippen LogP contribution < -0.4 is 4.90 Å². The SMILES string of the molecule is Cc1cccc2c1N(c1ccccc1F)C(=O)CN=C2. The molecule has 3 nitrogen and oxygen atoms in total. The summed E-state index contributed by atoms with van der Waals surface area (Å²) in [5.41, 5.74) is 2.69. The van der Waals surface area contributed by atoms with Gasteiger partial charge >= 0.3 is 0 Å². The van der Waals surface area contributed by atoms with Gasteiger partial charge in [-0.05, 0) is 24.6 Å². The first kappa shape index (κ1) is 12.5. The van der Waals surface area contributed by atoms with Crippen LogP contribution in [0.3, 0.4) is 0 Å². The minimum Gasteiger partial charge on any atom is -0.283 e. The highest BCUT2D eigenvalue weighted by Gasteiger charge is 2.25. The fraction of sp³-hybridized carbons (Fsp3) is 0.125. The lowest BCUT2D eigenvalue weighted by molar-refractivity contribution is -0.116. The molecule has 3 rings (SSSR count). The predicted octanol–water partition coefficient (Wildman–Crippen LogP) is 3.23. The molecule has 0 saturated heterocycles. The van der Waals surface area contributed by atoms with Crippen molar-refractivity contribution in [2.24, 2.45) is 4.99 Å². The molecule has 0 saturated carbocycles. The monoisotopic (exact) mass is 268 g/mol. The number of nitrogens with zero attached hydrogens (tertiary/aromatic N) is 2. The van der Waals surface area contributed by atoms with E-state index in [0.717, 1.165) is 11.1 Å².